The molecule has 2 aromatic carbocycles. The van der Waals surface area contributed by atoms with Gasteiger partial charge in [0.05, 0.1) is 11.1 Å². The molecule has 178 valence electrons. The highest BCUT2D eigenvalue weighted by molar-refractivity contribution is 7.85. The van der Waals surface area contributed by atoms with E-state index in [-0.39, 0.29) is 17.1 Å². The molecule has 0 bridgehead atoms. The van der Waals surface area contributed by atoms with Crippen LogP contribution in [-0.2, 0) is 17.2 Å². The molecule has 0 fully saturated rings. The van der Waals surface area contributed by atoms with Crippen LogP contribution < -0.4 is 14.8 Å². The van der Waals surface area contributed by atoms with Crippen molar-refractivity contribution < 1.29 is 23.3 Å². The summed E-state index contributed by atoms with van der Waals surface area (Å²) in [5.41, 5.74) is 2.11. The van der Waals surface area contributed by atoms with Crippen LogP contribution in [0.3, 0.4) is 0 Å². The third kappa shape index (κ3) is 7.16. The van der Waals surface area contributed by atoms with Gasteiger partial charge in [-0.1, -0.05) is 64.2 Å². The molecule has 33 heavy (non-hydrogen) atoms. The molecular weight excluding hydrogens is 438 g/mol. The third-order valence-electron chi connectivity index (χ3n) is 5.75. The van der Waals surface area contributed by atoms with Crippen LogP contribution in [0.4, 0.5) is 0 Å². The quantitative estimate of drug-likeness (QED) is 0.388. The van der Waals surface area contributed by atoms with E-state index in [1.54, 1.807) is 24.3 Å². The van der Waals surface area contributed by atoms with Crippen molar-refractivity contribution in [3.05, 3.63) is 59.2 Å². The number of nitrogens with one attached hydrogen (secondary N) is 1. The molecule has 0 aromatic heterocycles. The normalized spacial score (nSPS) is 15.3. The van der Waals surface area contributed by atoms with Crippen molar-refractivity contribution in [3.8, 4) is 11.5 Å². The number of carbonyl (C=O) groups is 2. The van der Waals surface area contributed by atoms with Crippen LogP contribution in [0.2, 0.25) is 0 Å². The molecule has 0 radical (unpaired) electrons. The Morgan fingerprint density at radius 1 is 0.909 bits per heavy atom. The average molecular weight is 472 g/mol. The largest absolute Gasteiger partial charge is 0.454 e. The standard InChI is InChI=1S/C18H28O3S.C8H5NO2/c1-3-4-5-6-7-8-11-22(19)15(2)12-16-9-10-17-18(13-16)21-14-20-17;10-7-5-3-1-2-4-6(5)8(11)9-7/h9-10,13,15H,3-8,11-12,14H2,1-2H3;1-4H,(H,9,10,11). The van der Waals surface area contributed by atoms with Crippen molar-refractivity contribution in [2.75, 3.05) is 12.5 Å². The van der Waals surface area contributed by atoms with Gasteiger partial charge in [0.1, 0.15) is 0 Å². The van der Waals surface area contributed by atoms with Gasteiger partial charge in [-0.05, 0) is 42.7 Å². The van der Waals surface area contributed by atoms with Crippen LogP contribution in [0.1, 0.15) is 78.7 Å². The molecule has 2 unspecified atom stereocenters. The molecule has 1 N–H and O–H groups in total. The number of amides is 2. The van der Waals surface area contributed by atoms with Gasteiger partial charge >= 0.3 is 0 Å². The molecule has 2 aliphatic heterocycles. The van der Waals surface area contributed by atoms with Crippen LogP contribution in [-0.4, -0.2) is 33.8 Å². The van der Waals surface area contributed by atoms with E-state index >= 15 is 0 Å². The second-order valence-electron chi connectivity index (χ2n) is 8.38. The highest BCUT2D eigenvalue weighted by Crippen LogP contribution is 2.33. The molecule has 0 saturated heterocycles. The van der Waals surface area contributed by atoms with Crippen molar-refractivity contribution in [1.29, 1.82) is 0 Å². The van der Waals surface area contributed by atoms with Crippen LogP contribution >= 0.6 is 0 Å². The zero-order chi connectivity index (χ0) is 23.6. The molecule has 0 aliphatic carbocycles. The molecular formula is C26H33NO5S. The summed E-state index contributed by atoms with van der Waals surface area (Å²) < 4.78 is 23.0. The Morgan fingerprint density at radius 2 is 1.55 bits per heavy atom. The molecule has 2 heterocycles. The van der Waals surface area contributed by atoms with Crippen molar-refractivity contribution >= 4 is 22.6 Å². The predicted octanol–water partition coefficient (Wildman–Crippen LogP) is 5.03. The lowest BCUT2D eigenvalue weighted by molar-refractivity contribution is 0.0879. The molecule has 2 aliphatic rings. The Morgan fingerprint density at radius 3 is 2.24 bits per heavy atom. The topological polar surface area (TPSA) is 81.7 Å². The molecule has 0 spiro atoms. The van der Waals surface area contributed by atoms with Gasteiger partial charge in [-0.25, -0.2) is 0 Å². The number of ether oxygens (including phenoxy) is 2. The van der Waals surface area contributed by atoms with Gasteiger partial charge in [-0.2, -0.15) is 0 Å². The van der Waals surface area contributed by atoms with Gasteiger partial charge in [0.2, 0.25) is 6.79 Å². The fourth-order valence-electron chi connectivity index (χ4n) is 3.84. The minimum Gasteiger partial charge on any atom is -0.454 e. The summed E-state index contributed by atoms with van der Waals surface area (Å²) in [4.78, 5) is 21.9. The van der Waals surface area contributed by atoms with E-state index in [1.165, 1.54) is 37.7 Å². The van der Waals surface area contributed by atoms with Crippen molar-refractivity contribution in [2.24, 2.45) is 0 Å². The lowest BCUT2D eigenvalue weighted by atomic mass is 10.1. The first-order valence-electron chi connectivity index (χ1n) is 11.7. The number of hydrogen-bond donors (Lipinski definition) is 1. The van der Waals surface area contributed by atoms with Crippen LogP contribution in [0.5, 0.6) is 11.5 Å². The van der Waals surface area contributed by atoms with Crippen LogP contribution in [0.15, 0.2) is 42.5 Å². The first-order valence-corrected chi connectivity index (χ1v) is 13.1. The van der Waals surface area contributed by atoms with E-state index in [4.69, 9.17) is 9.47 Å². The molecule has 7 heteroatoms. The average Bonchev–Trinajstić information content (AvgIpc) is 3.40. The molecule has 2 amide bonds. The fourth-order valence-corrected chi connectivity index (χ4v) is 5.10. The van der Waals surface area contributed by atoms with E-state index in [0.29, 0.717) is 17.9 Å². The van der Waals surface area contributed by atoms with Crippen molar-refractivity contribution in [3.63, 3.8) is 0 Å². The maximum atomic E-state index is 12.3. The number of fused-ring (bicyclic) bond motifs is 2. The molecule has 0 saturated carbocycles. The Kier molecular flexibility index (Phi) is 9.48. The fraction of sp³-hybridized carbons (Fsp3) is 0.462. The Labute approximate surface area is 198 Å². The number of unbranched alkanes of at least 4 members (excludes halogenated alkanes) is 5. The third-order valence-corrected chi connectivity index (χ3v) is 7.51. The van der Waals surface area contributed by atoms with Gasteiger partial charge < -0.3 is 9.47 Å². The second-order valence-corrected chi connectivity index (χ2v) is 10.4. The van der Waals surface area contributed by atoms with Gasteiger partial charge in [0.25, 0.3) is 11.8 Å². The zero-order valence-electron chi connectivity index (χ0n) is 19.4. The van der Waals surface area contributed by atoms with Crippen molar-refractivity contribution in [1.82, 2.24) is 5.32 Å². The predicted molar refractivity (Wildman–Crippen MR) is 130 cm³/mol. The van der Waals surface area contributed by atoms with Crippen molar-refractivity contribution in [2.45, 2.75) is 64.0 Å². The molecule has 6 nitrogen and oxygen atoms in total. The zero-order valence-corrected chi connectivity index (χ0v) is 20.2. The van der Waals surface area contributed by atoms with E-state index < -0.39 is 10.8 Å². The number of hydrogen-bond acceptors (Lipinski definition) is 5. The maximum absolute atomic E-state index is 12.3. The Balaban J connectivity index is 0.000000231. The molecule has 2 aromatic rings. The first kappa shape index (κ1) is 25.0. The van der Waals surface area contributed by atoms with Gasteiger partial charge in [0, 0.05) is 21.8 Å². The minimum absolute atomic E-state index is 0.191. The van der Waals surface area contributed by atoms with E-state index in [0.717, 1.165) is 30.1 Å². The minimum atomic E-state index is -0.743. The number of imide groups is 1. The van der Waals surface area contributed by atoms with Crippen LogP contribution in [0, 0.1) is 0 Å². The highest BCUT2D eigenvalue weighted by Gasteiger charge is 2.25. The van der Waals surface area contributed by atoms with E-state index in [2.05, 4.69) is 19.2 Å². The van der Waals surface area contributed by atoms with Gasteiger partial charge in [0.15, 0.2) is 11.5 Å². The SMILES string of the molecule is CCCCCCCCS(=O)C(C)Cc1ccc2c(c1)OCO2.O=C1NC(=O)c2ccccc21. The van der Waals surface area contributed by atoms with E-state index in [9.17, 15) is 13.8 Å². The number of rotatable bonds is 10. The maximum Gasteiger partial charge on any atom is 0.258 e. The summed E-state index contributed by atoms with van der Waals surface area (Å²) in [6.07, 6.45) is 8.32. The first-order chi connectivity index (χ1) is 16.0. The molecule has 4 rings (SSSR count). The summed E-state index contributed by atoms with van der Waals surface area (Å²) in [6, 6.07) is 12.7. The van der Waals surface area contributed by atoms with Gasteiger partial charge in [-0.15, -0.1) is 0 Å². The smallest absolute Gasteiger partial charge is 0.258 e. The van der Waals surface area contributed by atoms with Gasteiger partial charge in [-0.3, -0.25) is 19.1 Å². The summed E-state index contributed by atoms with van der Waals surface area (Å²) in [5, 5.41) is 2.40. The lowest BCUT2D eigenvalue weighted by Gasteiger charge is -2.12. The summed E-state index contributed by atoms with van der Waals surface area (Å²) in [6.45, 7) is 4.61. The monoisotopic (exact) mass is 471 g/mol. The van der Waals surface area contributed by atoms with Crippen LogP contribution in [0.25, 0.3) is 0 Å². The number of carbonyl (C=O) groups excluding carboxylic acids is 2. The Bertz CT molecular complexity index is 957. The highest BCUT2D eigenvalue weighted by atomic mass is 32.2. The molecule has 2 atom stereocenters. The number of benzene rings is 2. The Hall–Kier alpha value is -2.67. The lowest BCUT2D eigenvalue weighted by Crippen LogP contribution is -2.19. The summed E-state index contributed by atoms with van der Waals surface area (Å²) in [5.74, 6) is 1.85. The second kappa shape index (κ2) is 12.5. The summed E-state index contributed by atoms with van der Waals surface area (Å²) >= 11 is 0. The van der Waals surface area contributed by atoms with E-state index in [1.807, 2.05) is 18.2 Å². The summed E-state index contributed by atoms with van der Waals surface area (Å²) in [7, 11) is -0.743.